The first-order chi connectivity index (χ1) is 6.66. The maximum absolute atomic E-state index is 4.57. The van der Waals surface area contributed by atoms with Crippen molar-refractivity contribution in [3.63, 3.8) is 0 Å². The molecule has 0 spiro atoms. The number of fused-ring (bicyclic) bond motifs is 1. The summed E-state index contributed by atoms with van der Waals surface area (Å²) in [6.07, 6.45) is 2.27. The smallest absolute Gasteiger partial charge is 0.103 e. The number of hydrogen-bond donors (Lipinski definition) is 2. The van der Waals surface area contributed by atoms with Crippen LogP contribution in [-0.2, 0) is 6.42 Å². The average Bonchev–Trinajstić information content (AvgIpc) is 2.45. The van der Waals surface area contributed by atoms with Crippen molar-refractivity contribution in [2.24, 2.45) is 5.92 Å². The Morgan fingerprint density at radius 1 is 1.50 bits per heavy atom. The van der Waals surface area contributed by atoms with E-state index in [1.165, 1.54) is 17.8 Å². The zero-order valence-corrected chi connectivity index (χ0v) is 9.22. The summed E-state index contributed by atoms with van der Waals surface area (Å²) in [5, 5.41) is 3.54. The minimum atomic E-state index is 0.462. The normalized spacial score (nSPS) is 21.3. The number of aromatic amines is 1. The van der Waals surface area contributed by atoms with Crippen molar-refractivity contribution < 1.29 is 0 Å². The second kappa shape index (κ2) is 3.73. The number of hydrogen-bond acceptors (Lipinski definition) is 2. The minimum Gasteiger partial charge on any atom is -0.346 e. The number of aryl methyl sites for hydroxylation is 1. The Kier molecular flexibility index (Phi) is 2.59. The first kappa shape index (κ1) is 9.71. The minimum absolute atomic E-state index is 0.462. The Morgan fingerprint density at radius 2 is 2.29 bits per heavy atom. The predicted molar refractivity (Wildman–Crippen MR) is 57.2 cm³/mol. The van der Waals surface area contributed by atoms with Crippen LogP contribution < -0.4 is 5.32 Å². The molecule has 2 rings (SSSR count). The van der Waals surface area contributed by atoms with Crippen LogP contribution in [0.4, 0.5) is 0 Å². The van der Waals surface area contributed by atoms with Gasteiger partial charge in [0.15, 0.2) is 0 Å². The van der Waals surface area contributed by atoms with Gasteiger partial charge in [0.1, 0.15) is 5.82 Å². The summed E-state index contributed by atoms with van der Waals surface area (Å²) >= 11 is 0. The van der Waals surface area contributed by atoms with Gasteiger partial charge in [0.2, 0.25) is 0 Å². The lowest BCUT2D eigenvalue weighted by Gasteiger charge is -2.24. The molecule has 1 aliphatic rings. The van der Waals surface area contributed by atoms with Gasteiger partial charge in [0.25, 0.3) is 0 Å². The third-order valence-electron chi connectivity index (χ3n) is 2.73. The molecule has 0 aliphatic carbocycles. The second-order valence-electron chi connectivity index (χ2n) is 4.57. The molecule has 2 N–H and O–H groups in total. The van der Waals surface area contributed by atoms with E-state index >= 15 is 0 Å². The molecule has 0 radical (unpaired) electrons. The Hall–Kier alpha value is -0.830. The fraction of sp³-hybridized carbons (Fsp3) is 0.727. The van der Waals surface area contributed by atoms with E-state index in [9.17, 15) is 0 Å². The number of rotatable bonds is 2. The highest BCUT2D eigenvalue weighted by Crippen LogP contribution is 2.25. The predicted octanol–water partition coefficient (Wildman–Crippen LogP) is 1.95. The number of aromatic nitrogens is 2. The first-order valence-corrected chi connectivity index (χ1v) is 5.45. The number of nitrogens with one attached hydrogen (secondary N) is 2. The Bertz CT molecular complexity index is 314. The van der Waals surface area contributed by atoms with Crippen molar-refractivity contribution in [3.05, 3.63) is 17.2 Å². The molecule has 0 saturated heterocycles. The van der Waals surface area contributed by atoms with Gasteiger partial charge in [-0.05, 0) is 19.3 Å². The van der Waals surface area contributed by atoms with Crippen LogP contribution >= 0.6 is 0 Å². The van der Waals surface area contributed by atoms with Crippen LogP contribution in [-0.4, -0.2) is 16.5 Å². The van der Waals surface area contributed by atoms with Crippen LogP contribution in [0.15, 0.2) is 0 Å². The van der Waals surface area contributed by atoms with Crippen LogP contribution in [0.1, 0.15) is 43.5 Å². The van der Waals surface area contributed by atoms with Gasteiger partial charge >= 0.3 is 0 Å². The van der Waals surface area contributed by atoms with Crippen LogP contribution in [0.5, 0.6) is 0 Å². The molecule has 2 heterocycles. The van der Waals surface area contributed by atoms with Crippen molar-refractivity contribution in [2.45, 2.75) is 39.7 Å². The van der Waals surface area contributed by atoms with Gasteiger partial charge in [0.05, 0.1) is 11.7 Å². The first-order valence-electron chi connectivity index (χ1n) is 5.45. The van der Waals surface area contributed by atoms with Crippen LogP contribution in [0, 0.1) is 12.8 Å². The molecule has 3 nitrogen and oxygen atoms in total. The number of imidazole rings is 1. The van der Waals surface area contributed by atoms with E-state index in [2.05, 4.69) is 29.1 Å². The van der Waals surface area contributed by atoms with E-state index in [1.54, 1.807) is 0 Å². The van der Waals surface area contributed by atoms with E-state index in [0.29, 0.717) is 6.04 Å². The van der Waals surface area contributed by atoms with Gasteiger partial charge in [-0.1, -0.05) is 13.8 Å². The van der Waals surface area contributed by atoms with Crippen molar-refractivity contribution >= 4 is 0 Å². The monoisotopic (exact) mass is 193 g/mol. The zero-order valence-electron chi connectivity index (χ0n) is 9.22. The van der Waals surface area contributed by atoms with Gasteiger partial charge in [-0.25, -0.2) is 4.98 Å². The molecular weight excluding hydrogens is 174 g/mol. The van der Waals surface area contributed by atoms with E-state index in [0.717, 1.165) is 24.7 Å². The highest BCUT2D eigenvalue weighted by molar-refractivity contribution is 5.21. The van der Waals surface area contributed by atoms with Crippen LogP contribution in [0.25, 0.3) is 0 Å². The maximum Gasteiger partial charge on any atom is 0.103 e. The van der Waals surface area contributed by atoms with E-state index in [4.69, 9.17) is 0 Å². The fourth-order valence-electron chi connectivity index (χ4n) is 2.17. The molecular formula is C11H19N3. The van der Waals surface area contributed by atoms with Gasteiger partial charge in [-0.15, -0.1) is 0 Å². The summed E-state index contributed by atoms with van der Waals surface area (Å²) in [6.45, 7) is 7.63. The van der Waals surface area contributed by atoms with Crippen LogP contribution in [0.3, 0.4) is 0 Å². The lowest BCUT2D eigenvalue weighted by molar-refractivity contribution is 0.406. The summed E-state index contributed by atoms with van der Waals surface area (Å²) in [5.41, 5.74) is 2.59. The van der Waals surface area contributed by atoms with E-state index in [1.807, 2.05) is 6.92 Å². The average molecular weight is 193 g/mol. The van der Waals surface area contributed by atoms with Crippen molar-refractivity contribution in [1.29, 1.82) is 0 Å². The summed E-state index contributed by atoms with van der Waals surface area (Å²) in [5.74, 6) is 1.77. The lowest BCUT2D eigenvalue weighted by Crippen LogP contribution is -2.30. The number of H-pyrrole nitrogens is 1. The molecule has 0 aromatic carbocycles. The van der Waals surface area contributed by atoms with E-state index in [-0.39, 0.29) is 0 Å². The molecule has 1 aromatic rings. The molecule has 1 unspecified atom stereocenters. The van der Waals surface area contributed by atoms with Gasteiger partial charge in [0, 0.05) is 18.7 Å². The quantitative estimate of drug-likeness (QED) is 0.753. The molecule has 3 heteroatoms. The molecule has 14 heavy (non-hydrogen) atoms. The number of nitrogens with zero attached hydrogens (tertiary/aromatic N) is 1. The zero-order chi connectivity index (χ0) is 10.1. The summed E-state index contributed by atoms with van der Waals surface area (Å²) in [7, 11) is 0. The Balaban J connectivity index is 2.21. The van der Waals surface area contributed by atoms with Crippen LogP contribution in [0.2, 0.25) is 0 Å². The van der Waals surface area contributed by atoms with Gasteiger partial charge in [-0.3, -0.25) is 0 Å². The van der Waals surface area contributed by atoms with Crippen molar-refractivity contribution in [2.75, 3.05) is 6.54 Å². The summed E-state index contributed by atoms with van der Waals surface area (Å²) < 4.78 is 0. The molecule has 1 aliphatic heterocycles. The highest BCUT2D eigenvalue weighted by atomic mass is 15.0. The third kappa shape index (κ3) is 1.82. The fourth-order valence-corrected chi connectivity index (χ4v) is 2.17. The SMILES string of the molecule is Cc1nc2c([nH]1)CCNC2CC(C)C. The third-order valence-corrected chi connectivity index (χ3v) is 2.73. The standard InChI is InChI=1S/C11H19N3/c1-7(2)6-10-11-9(4-5-12-10)13-8(3)14-11/h7,10,12H,4-6H2,1-3H3,(H,13,14). The Morgan fingerprint density at radius 3 is 3.00 bits per heavy atom. The highest BCUT2D eigenvalue weighted by Gasteiger charge is 2.23. The Labute approximate surface area is 85.3 Å². The van der Waals surface area contributed by atoms with Gasteiger partial charge in [-0.2, -0.15) is 0 Å². The van der Waals surface area contributed by atoms with Crippen molar-refractivity contribution in [1.82, 2.24) is 15.3 Å². The van der Waals surface area contributed by atoms with Gasteiger partial charge < -0.3 is 10.3 Å². The van der Waals surface area contributed by atoms with E-state index < -0.39 is 0 Å². The molecule has 78 valence electrons. The molecule has 1 aromatic heterocycles. The summed E-state index contributed by atoms with van der Waals surface area (Å²) in [4.78, 5) is 7.92. The molecule has 0 amide bonds. The molecule has 0 bridgehead atoms. The lowest BCUT2D eigenvalue weighted by atomic mass is 9.97. The second-order valence-corrected chi connectivity index (χ2v) is 4.57. The molecule has 0 fully saturated rings. The molecule has 0 saturated carbocycles. The maximum atomic E-state index is 4.57. The molecule has 1 atom stereocenters. The summed E-state index contributed by atoms with van der Waals surface area (Å²) in [6, 6.07) is 0.462. The topological polar surface area (TPSA) is 40.7 Å². The van der Waals surface area contributed by atoms with Crippen molar-refractivity contribution in [3.8, 4) is 0 Å². The largest absolute Gasteiger partial charge is 0.346 e.